The van der Waals surface area contributed by atoms with Crippen molar-refractivity contribution in [3.05, 3.63) is 78.9 Å². The molecule has 32 heavy (non-hydrogen) atoms. The molecule has 0 saturated heterocycles. The molecule has 0 bridgehead atoms. The third-order valence-electron chi connectivity index (χ3n) is 5.33. The van der Waals surface area contributed by atoms with E-state index < -0.39 is 0 Å². The quantitative estimate of drug-likeness (QED) is 0.338. The maximum Gasteiger partial charge on any atom is 0.236 e. The van der Waals surface area contributed by atoms with E-state index in [1.54, 1.807) is 12.4 Å². The Kier molecular flexibility index (Phi) is 5.53. The number of pyridine rings is 1. The Morgan fingerprint density at radius 2 is 2.00 bits per heavy atom. The van der Waals surface area contributed by atoms with Gasteiger partial charge in [0.05, 0.1) is 22.0 Å². The van der Waals surface area contributed by atoms with Crippen LogP contribution in [0.25, 0.3) is 32.9 Å². The van der Waals surface area contributed by atoms with Crippen molar-refractivity contribution in [3.8, 4) is 21.9 Å². The van der Waals surface area contributed by atoms with E-state index in [2.05, 4.69) is 20.3 Å². The molecule has 0 fully saturated rings. The molecule has 0 radical (unpaired) electrons. The van der Waals surface area contributed by atoms with Crippen LogP contribution in [-0.4, -0.2) is 27.4 Å². The maximum absolute atomic E-state index is 13.0. The van der Waals surface area contributed by atoms with Crippen molar-refractivity contribution >= 4 is 33.3 Å². The van der Waals surface area contributed by atoms with E-state index in [1.807, 2.05) is 54.7 Å². The van der Waals surface area contributed by atoms with E-state index in [4.69, 9.17) is 10.2 Å². The topological polar surface area (TPSA) is 110 Å². The highest BCUT2D eigenvalue weighted by Gasteiger charge is 2.22. The van der Waals surface area contributed by atoms with Crippen LogP contribution in [0.2, 0.25) is 0 Å². The second kappa shape index (κ2) is 8.78. The van der Waals surface area contributed by atoms with Gasteiger partial charge >= 0.3 is 0 Å². The molecule has 1 aromatic carbocycles. The van der Waals surface area contributed by atoms with Crippen LogP contribution in [0.1, 0.15) is 5.56 Å². The van der Waals surface area contributed by atoms with Crippen LogP contribution in [-0.2, 0) is 11.2 Å². The highest BCUT2D eigenvalue weighted by molar-refractivity contribution is 7.20. The summed E-state index contributed by atoms with van der Waals surface area (Å²) in [4.78, 5) is 25.7. The molecule has 1 amide bonds. The van der Waals surface area contributed by atoms with Gasteiger partial charge in [-0.3, -0.25) is 4.79 Å². The molecule has 7 nitrogen and oxygen atoms in total. The van der Waals surface area contributed by atoms with Crippen LogP contribution in [0, 0.1) is 5.92 Å². The summed E-state index contributed by atoms with van der Waals surface area (Å²) >= 11 is 1.42. The molecule has 0 aliphatic carbocycles. The number of fused-ring (bicyclic) bond motifs is 1. The SMILES string of the molecule is NCC(Cc1ccccc1)C(=O)Nc1cc(-c2c[nH]c3ncccc23)c(-c2ncco2)s1. The summed E-state index contributed by atoms with van der Waals surface area (Å²) in [7, 11) is 0. The average molecular weight is 444 g/mol. The molecule has 4 heterocycles. The van der Waals surface area contributed by atoms with Crippen LogP contribution in [0.4, 0.5) is 5.00 Å². The fourth-order valence-electron chi connectivity index (χ4n) is 3.73. The second-order valence-corrected chi connectivity index (χ2v) is 8.46. The van der Waals surface area contributed by atoms with Crippen molar-refractivity contribution in [2.24, 2.45) is 11.7 Å². The van der Waals surface area contributed by atoms with E-state index in [1.165, 1.54) is 17.6 Å². The number of hydrogen-bond donors (Lipinski definition) is 3. The Hall–Kier alpha value is -3.75. The largest absolute Gasteiger partial charge is 0.444 e. The van der Waals surface area contributed by atoms with Crippen LogP contribution in [0.5, 0.6) is 0 Å². The van der Waals surface area contributed by atoms with Crippen molar-refractivity contribution < 1.29 is 9.21 Å². The number of amides is 1. The molecular weight excluding hydrogens is 422 g/mol. The summed E-state index contributed by atoms with van der Waals surface area (Å²) in [6, 6.07) is 15.8. The highest BCUT2D eigenvalue weighted by atomic mass is 32.1. The molecule has 5 aromatic rings. The normalized spacial score (nSPS) is 12.2. The Morgan fingerprint density at radius 3 is 2.78 bits per heavy atom. The summed E-state index contributed by atoms with van der Waals surface area (Å²) in [6.07, 6.45) is 7.39. The number of aromatic nitrogens is 3. The fourth-order valence-corrected chi connectivity index (χ4v) is 4.75. The summed E-state index contributed by atoms with van der Waals surface area (Å²) in [6.45, 7) is 0.264. The molecule has 1 unspecified atom stereocenters. The number of oxazole rings is 1. The lowest BCUT2D eigenvalue weighted by Crippen LogP contribution is -2.30. The number of nitrogens with one attached hydrogen (secondary N) is 2. The number of anilines is 1. The summed E-state index contributed by atoms with van der Waals surface area (Å²) in [5, 5.41) is 4.75. The van der Waals surface area contributed by atoms with E-state index in [0.29, 0.717) is 17.3 Å². The van der Waals surface area contributed by atoms with Gasteiger partial charge in [0.15, 0.2) is 0 Å². The van der Waals surface area contributed by atoms with Crippen LogP contribution in [0.15, 0.2) is 77.8 Å². The third-order valence-corrected chi connectivity index (χ3v) is 6.37. The van der Waals surface area contributed by atoms with Crippen LogP contribution >= 0.6 is 11.3 Å². The van der Waals surface area contributed by atoms with Gasteiger partial charge in [0, 0.05) is 35.5 Å². The van der Waals surface area contributed by atoms with E-state index in [0.717, 1.165) is 32.6 Å². The first-order valence-electron chi connectivity index (χ1n) is 10.2. The van der Waals surface area contributed by atoms with Gasteiger partial charge in [0.25, 0.3) is 0 Å². The monoisotopic (exact) mass is 443 g/mol. The second-order valence-electron chi connectivity index (χ2n) is 7.40. The zero-order valence-electron chi connectivity index (χ0n) is 17.1. The fraction of sp³-hybridized carbons (Fsp3) is 0.125. The number of aromatic amines is 1. The standard InChI is InChI=1S/C24H21N5O2S/c25-13-16(11-15-5-2-1-3-6-15)23(30)29-20-12-18(21(32-20)24-27-9-10-31-24)19-14-28-22-17(19)7-4-8-26-22/h1-10,12,14,16H,11,13,25H2,(H,26,28)(H,29,30). The summed E-state index contributed by atoms with van der Waals surface area (Å²) < 4.78 is 5.58. The van der Waals surface area contributed by atoms with Gasteiger partial charge in [-0.15, -0.1) is 11.3 Å². The minimum absolute atomic E-state index is 0.108. The lowest BCUT2D eigenvalue weighted by atomic mass is 9.98. The van der Waals surface area contributed by atoms with Crippen molar-refractivity contribution in [2.45, 2.75) is 6.42 Å². The average Bonchev–Trinajstić information content (AvgIpc) is 3.57. The van der Waals surface area contributed by atoms with Gasteiger partial charge in [-0.25, -0.2) is 9.97 Å². The van der Waals surface area contributed by atoms with Crippen LogP contribution < -0.4 is 11.1 Å². The van der Waals surface area contributed by atoms with Crippen molar-refractivity contribution in [1.29, 1.82) is 0 Å². The Labute approximate surface area is 188 Å². The molecule has 4 N–H and O–H groups in total. The first kappa shape index (κ1) is 20.2. The van der Waals surface area contributed by atoms with E-state index >= 15 is 0 Å². The predicted molar refractivity (Wildman–Crippen MR) is 126 cm³/mol. The number of benzene rings is 1. The number of nitrogens with zero attached hydrogens (tertiary/aromatic N) is 2. The highest BCUT2D eigenvalue weighted by Crippen LogP contribution is 2.43. The molecule has 8 heteroatoms. The number of H-pyrrole nitrogens is 1. The third kappa shape index (κ3) is 3.93. The molecule has 0 aliphatic heterocycles. The van der Waals surface area contributed by atoms with Gasteiger partial charge in [0.2, 0.25) is 11.8 Å². The minimum Gasteiger partial charge on any atom is -0.444 e. The van der Waals surface area contributed by atoms with Crippen molar-refractivity contribution in [1.82, 2.24) is 15.0 Å². The van der Waals surface area contributed by atoms with E-state index in [-0.39, 0.29) is 18.4 Å². The van der Waals surface area contributed by atoms with Crippen LogP contribution in [0.3, 0.4) is 0 Å². The maximum atomic E-state index is 13.0. The lowest BCUT2D eigenvalue weighted by Gasteiger charge is -2.14. The first-order chi connectivity index (χ1) is 15.7. The zero-order valence-corrected chi connectivity index (χ0v) is 17.9. The Bertz CT molecular complexity index is 1340. The lowest BCUT2D eigenvalue weighted by molar-refractivity contribution is -0.119. The molecule has 0 spiro atoms. The molecule has 4 aromatic heterocycles. The van der Waals surface area contributed by atoms with Gasteiger partial charge in [0.1, 0.15) is 11.9 Å². The molecular formula is C24H21N5O2S. The Morgan fingerprint density at radius 1 is 1.12 bits per heavy atom. The van der Waals surface area contributed by atoms with E-state index in [9.17, 15) is 4.79 Å². The summed E-state index contributed by atoms with van der Waals surface area (Å²) in [5.74, 6) is 0.0672. The van der Waals surface area contributed by atoms with Crippen molar-refractivity contribution in [2.75, 3.05) is 11.9 Å². The minimum atomic E-state index is -0.328. The van der Waals surface area contributed by atoms with Gasteiger partial charge in [-0.05, 0) is 30.2 Å². The number of rotatable bonds is 7. The molecule has 1 atom stereocenters. The molecule has 5 rings (SSSR count). The van der Waals surface area contributed by atoms with Gasteiger partial charge < -0.3 is 20.5 Å². The Balaban J connectivity index is 1.47. The van der Waals surface area contributed by atoms with Crippen molar-refractivity contribution in [3.63, 3.8) is 0 Å². The summed E-state index contributed by atoms with van der Waals surface area (Å²) in [5.41, 5.74) is 9.69. The number of thiophene rings is 1. The molecule has 0 aliphatic rings. The number of hydrogen-bond acceptors (Lipinski definition) is 6. The van der Waals surface area contributed by atoms with Gasteiger partial charge in [-0.1, -0.05) is 30.3 Å². The van der Waals surface area contributed by atoms with Gasteiger partial charge in [-0.2, -0.15) is 0 Å². The molecule has 160 valence electrons. The molecule has 0 saturated carbocycles. The predicted octanol–water partition coefficient (Wildman–Crippen LogP) is 4.70. The zero-order chi connectivity index (χ0) is 21.9. The number of nitrogens with two attached hydrogens (primary N) is 1. The number of carbonyl (C=O) groups is 1. The smallest absolute Gasteiger partial charge is 0.236 e. The number of carbonyl (C=O) groups excluding carboxylic acids is 1. The first-order valence-corrected chi connectivity index (χ1v) is 11.1.